The van der Waals surface area contributed by atoms with Crippen molar-refractivity contribution in [1.82, 2.24) is 9.97 Å². The summed E-state index contributed by atoms with van der Waals surface area (Å²) in [5.41, 5.74) is 9.56. The molecule has 2 aromatic rings. The zero-order valence-electron chi connectivity index (χ0n) is 12.5. The number of anilines is 1. The van der Waals surface area contributed by atoms with Crippen molar-refractivity contribution in [3.63, 3.8) is 0 Å². The molecule has 1 heterocycles. The van der Waals surface area contributed by atoms with Gasteiger partial charge in [-0.2, -0.15) is 0 Å². The average Bonchev–Trinajstić information content (AvgIpc) is 2.42. The number of nitrogen functional groups attached to an aromatic ring is 1. The summed E-state index contributed by atoms with van der Waals surface area (Å²) in [6.45, 7) is 6.02. The molecule has 0 aliphatic carbocycles. The van der Waals surface area contributed by atoms with E-state index in [9.17, 15) is 0 Å². The molecule has 0 amide bonds. The Morgan fingerprint density at radius 1 is 1.14 bits per heavy atom. The van der Waals surface area contributed by atoms with Crippen molar-refractivity contribution < 1.29 is 9.57 Å². The lowest BCUT2D eigenvalue weighted by molar-refractivity contribution is 0.215. The van der Waals surface area contributed by atoms with Gasteiger partial charge in [0.2, 0.25) is 5.88 Å². The average molecular weight is 286 g/mol. The number of nitrogens with zero attached hydrogens (tertiary/aromatic N) is 3. The molecule has 2 N–H and O–H groups in total. The number of nitrogens with two attached hydrogens (primary N) is 1. The van der Waals surface area contributed by atoms with Crippen LogP contribution < -0.4 is 10.5 Å². The lowest BCUT2D eigenvalue weighted by Crippen LogP contribution is -2.03. The predicted octanol–water partition coefficient (Wildman–Crippen LogP) is 2.76. The van der Waals surface area contributed by atoms with Crippen LogP contribution in [0.1, 0.15) is 22.3 Å². The second-order valence-corrected chi connectivity index (χ2v) is 4.72. The first-order valence-corrected chi connectivity index (χ1v) is 6.45. The molecule has 0 radical (unpaired) electrons. The minimum Gasteiger partial charge on any atom is -0.438 e. The zero-order chi connectivity index (χ0) is 15.4. The quantitative estimate of drug-likeness (QED) is 0.690. The number of hydrogen-bond donors (Lipinski definition) is 1. The van der Waals surface area contributed by atoms with Crippen molar-refractivity contribution in [3.05, 3.63) is 40.7 Å². The number of hydrogen-bond acceptors (Lipinski definition) is 6. The molecule has 1 aromatic heterocycles. The maximum absolute atomic E-state index is 5.93. The van der Waals surface area contributed by atoms with E-state index >= 15 is 0 Å². The Balaban J connectivity index is 2.45. The summed E-state index contributed by atoms with van der Waals surface area (Å²) < 4.78 is 5.93. The molecule has 0 aliphatic heterocycles. The van der Waals surface area contributed by atoms with Crippen LogP contribution in [0.15, 0.2) is 23.6 Å². The molecule has 6 heteroatoms. The molecule has 0 fully saturated rings. The van der Waals surface area contributed by atoms with E-state index < -0.39 is 0 Å². The summed E-state index contributed by atoms with van der Waals surface area (Å²) in [5.74, 6) is 1.38. The molecule has 1 aromatic carbocycles. The summed E-state index contributed by atoms with van der Waals surface area (Å²) in [6.07, 6.45) is 2.79. The molecule has 0 unspecified atom stereocenters. The molecule has 0 bridgehead atoms. The molecule has 0 saturated carbocycles. The highest BCUT2D eigenvalue weighted by atomic mass is 16.6. The van der Waals surface area contributed by atoms with Gasteiger partial charge in [0.1, 0.15) is 30.6 Å². The van der Waals surface area contributed by atoms with Gasteiger partial charge in [-0.3, -0.25) is 0 Å². The number of rotatable bonds is 4. The van der Waals surface area contributed by atoms with Crippen molar-refractivity contribution in [2.45, 2.75) is 20.8 Å². The van der Waals surface area contributed by atoms with Crippen molar-refractivity contribution in [2.75, 3.05) is 12.8 Å². The lowest BCUT2D eigenvalue weighted by Gasteiger charge is -2.13. The fourth-order valence-corrected chi connectivity index (χ4v) is 2.12. The summed E-state index contributed by atoms with van der Waals surface area (Å²) in [4.78, 5) is 12.7. The molecular formula is C15H18N4O2. The maximum atomic E-state index is 5.93. The largest absolute Gasteiger partial charge is 0.438 e. The van der Waals surface area contributed by atoms with Crippen LogP contribution in [0.25, 0.3) is 0 Å². The number of benzene rings is 1. The number of aryl methyl sites for hydroxylation is 3. The first-order valence-electron chi connectivity index (χ1n) is 6.45. The van der Waals surface area contributed by atoms with E-state index in [2.05, 4.69) is 32.1 Å². The van der Waals surface area contributed by atoms with Gasteiger partial charge in [0.15, 0.2) is 0 Å². The third-order valence-corrected chi connectivity index (χ3v) is 2.97. The van der Waals surface area contributed by atoms with E-state index in [1.807, 2.05) is 20.8 Å². The molecule has 2 rings (SSSR count). The molecule has 0 aliphatic rings. The minimum absolute atomic E-state index is 0.281. The van der Waals surface area contributed by atoms with E-state index in [0.29, 0.717) is 11.4 Å². The van der Waals surface area contributed by atoms with E-state index in [1.54, 1.807) is 0 Å². The van der Waals surface area contributed by atoms with Crippen molar-refractivity contribution in [1.29, 1.82) is 0 Å². The highest BCUT2D eigenvalue weighted by molar-refractivity contribution is 5.88. The normalized spacial score (nSPS) is 10.9. The minimum atomic E-state index is 0.281. The lowest BCUT2D eigenvalue weighted by atomic mass is 10.1. The topological polar surface area (TPSA) is 82.6 Å². The van der Waals surface area contributed by atoms with E-state index in [1.165, 1.54) is 25.2 Å². The molecule has 110 valence electrons. The zero-order valence-corrected chi connectivity index (χ0v) is 12.5. The van der Waals surface area contributed by atoms with Crippen LogP contribution >= 0.6 is 0 Å². The van der Waals surface area contributed by atoms with Crippen LogP contribution in [0.5, 0.6) is 11.6 Å². The number of oxime groups is 1. The fraction of sp³-hybridized carbons (Fsp3) is 0.267. The second-order valence-electron chi connectivity index (χ2n) is 4.72. The second kappa shape index (κ2) is 6.21. The molecule has 6 nitrogen and oxygen atoms in total. The van der Waals surface area contributed by atoms with Crippen LogP contribution in [0.3, 0.4) is 0 Å². The number of aromatic nitrogens is 2. The SMILES string of the molecule is CON=Cc1c(N)ncnc1Oc1c(C)cc(C)cc1C. The molecule has 0 spiro atoms. The van der Waals surface area contributed by atoms with Crippen molar-refractivity contribution in [3.8, 4) is 11.6 Å². The van der Waals surface area contributed by atoms with Gasteiger partial charge in [-0.25, -0.2) is 9.97 Å². The predicted molar refractivity (Wildman–Crippen MR) is 81.8 cm³/mol. The monoisotopic (exact) mass is 286 g/mol. The summed E-state index contributed by atoms with van der Waals surface area (Å²) in [7, 11) is 1.45. The third kappa shape index (κ3) is 3.28. The summed E-state index contributed by atoms with van der Waals surface area (Å²) in [6, 6.07) is 4.10. The van der Waals surface area contributed by atoms with Gasteiger partial charge in [-0.1, -0.05) is 22.9 Å². The first kappa shape index (κ1) is 14.8. The number of ether oxygens (including phenoxy) is 1. The summed E-state index contributed by atoms with van der Waals surface area (Å²) >= 11 is 0. The van der Waals surface area contributed by atoms with Gasteiger partial charge < -0.3 is 15.3 Å². The molecular weight excluding hydrogens is 268 g/mol. The molecule has 0 atom stereocenters. The van der Waals surface area contributed by atoms with E-state index in [-0.39, 0.29) is 5.82 Å². The van der Waals surface area contributed by atoms with Gasteiger partial charge in [0.25, 0.3) is 0 Å². The molecule has 21 heavy (non-hydrogen) atoms. The Bertz CT molecular complexity index is 660. The van der Waals surface area contributed by atoms with Crippen LogP contribution in [0, 0.1) is 20.8 Å². The van der Waals surface area contributed by atoms with Gasteiger partial charge in [0.05, 0.1) is 6.21 Å². The molecule has 0 saturated heterocycles. The van der Waals surface area contributed by atoms with Crippen LogP contribution in [0.2, 0.25) is 0 Å². The van der Waals surface area contributed by atoms with Crippen molar-refractivity contribution >= 4 is 12.0 Å². The van der Waals surface area contributed by atoms with Gasteiger partial charge >= 0.3 is 0 Å². The Labute approximate surface area is 123 Å². The van der Waals surface area contributed by atoms with Crippen molar-refractivity contribution in [2.24, 2.45) is 5.16 Å². The van der Waals surface area contributed by atoms with Crippen LogP contribution in [0.4, 0.5) is 5.82 Å². The first-order chi connectivity index (χ1) is 10.0. The standard InChI is InChI=1S/C15H18N4O2/c1-9-5-10(2)13(11(3)6-9)21-15-12(7-19-20-4)14(16)17-8-18-15/h5-8H,1-4H3,(H2,16,17,18). The Morgan fingerprint density at radius 3 is 2.43 bits per heavy atom. The smallest absolute Gasteiger partial charge is 0.233 e. The Morgan fingerprint density at radius 2 is 1.81 bits per heavy atom. The highest BCUT2D eigenvalue weighted by Gasteiger charge is 2.13. The van der Waals surface area contributed by atoms with Gasteiger partial charge in [0, 0.05) is 0 Å². The van der Waals surface area contributed by atoms with E-state index in [0.717, 1.165) is 16.9 Å². The highest BCUT2D eigenvalue weighted by Crippen LogP contribution is 2.30. The Hall–Kier alpha value is -2.63. The van der Waals surface area contributed by atoms with Crippen LogP contribution in [-0.2, 0) is 4.84 Å². The summed E-state index contributed by atoms with van der Waals surface area (Å²) in [5, 5.41) is 3.70. The van der Waals surface area contributed by atoms with Crippen LogP contribution in [-0.4, -0.2) is 23.3 Å². The van der Waals surface area contributed by atoms with Gasteiger partial charge in [-0.15, -0.1) is 0 Å². The maximum Gasteiger partial charge on any atom is 0.233 e. The van der Waals surface area contributed by atoms with E-state index in [4.69, 9.17) is 10.5 Å². The Kier molecular flexibility index (Phi) is 4.37. The fourth-order valence-electron chi connectivity index (χ4n) is 2.12. The third-order valence-electron chi connectivity index (χ3n) is 2.97. The van der Waals surface area contributed by atoms with Gasteiger partial charge in [-0.05, 0) is 31.9 Å².